The van der Waals surface area contributed by atoms with E-state index in [4.69, 9.17) is 4.74 Å². The Morgan fingerprint density at radius 1 is 1.10 bits per heavy atom. The molecule has 146 valence electrons. The lowest BCUT2D eigenvalue weighted by atomic mass is 9.97. The highest BCUT2D eigenvalue weighted by atomic mass is 16.5. The molecule has 2 aromatic heterocycles. The molecule has 0 aliphatic carbocycles. The lowest BCUT2D eigenvalue weighted by Crippen LogP contribution is -2.01. The molecule has 1 N–H and O–H groups in total. The molecule has 0 bridgehead atoms. The third-order valence-electron chi connectivity index (χ3n) is 4.95. The van der Waals surface area contributed by atoms with Gasteiger partial charge in [0.05, 0.1) is 23.0 Å². The summed E-state index contributed by atoms with van der Waals surface area (Å²) < 4.78 is 7.82. The second-order valence-corrected chi connectivity index (χ2v) is 6.91. The molecule has 6 nitrogen and oxygen atoms in total. The molecule has 2 aromatic carbocycles. The number of hydrogen-bond donors (Lipinski definition) is 1. The average Bonchev–Trinajstić information content (AvgIpc) is 3.00. The van der Waals surface area contributed by atoms with Crippen LogP contribution in [0.1, 0.15) is 28.5 Å². The third kappa shape index (κ3) is 3.57. The largest absolute Gasteiger partial charge is 0.478 e. The fourth-order valence-corrected chi connectivity index (χ4v) is 3.49. The minimum atomic E-state index is -0.904. The molecule has 0 fully saturated rings. The highest BCUT2D eigenvalue weighted by Crippen LogP contribution is 2.30. The fraction of sp³-hybridized carbons (Fsp3) is 0.174. The van der Waals surface area contributed by atoms with E-state index in [0.29, 0.717) is 23.5 Å². The van der Waals surface area contributed by atoms with E-state index in [0.717, 1.165) is 33.4 Å². The number of aromatic nitrogens is 3. The number of carbonyl (C=O) groups is 1. The Labute approximate surface area is 168 Å². The van der Waals surface area contributed by atoms with Crippen molar-refractivity contribution in [2.75, 3.05) is 0 Å². The molecule has 0 aliphatic rings. The van der Waals surface area contributed by atoms with Crippen LogP contribution in [0, 0.1) is 6.92 Å². The van der Waals surface area contributed by atoms with Crippen LogP contribution in [0.4, 0.5) is 0 Å². The van der Waals surface area contributed by atoms with Gasteiger partial charge in [-0.1, -0.05) is 31.2 Å². The average molecular weight is 387 g/mol. The number of carboxylic acids is 1. The van der Waals surface area contributed by atoms with Crippen LogP contribution in [0.25, 0.3) is 22.2 Å². The Bertz CT molecular complexity index is 1230. The van der Waals surface area contributed by atoms with E-state index in [9.17, 15) is 9.90 Å². The van der Waals surface area contributed by atoms with Crippen LogP contribution in [-0.2, 0) is 13.5 Å². The number of aromatic carboxylic acids is 1. The van der Waals surface area contributed by atoms with Crippen molar-refractivity contribution in [2.24, 2.45) is 7.05 Å². The summed E-state index contributed by atoms with van der Waals surface area (Å²) in [6, 6.07) is 15.1. The lowest BCUT2D eigenvalue weighted by Gasteiger charge is -2.10. The van der Waals surface area contributed by atoms with Crippen LogP contribution in [0.2, 0.25) is 0 Å². The topological polar surface area (TPSA) is 77.2 Å². The fourth-order valence-electron chi connectivity index (χ4n) is 3.49. The van der Waals surface area contributed by atoms with Gasteiger partial charge in [-0.3, -0.25) is 4.68 Å². The van der Waals surface area contributed by atoms with Gasteiger partial charge in [-0.2, -0.15) is 5.10 Å². The number of aryl methyl sites for hydroxylation is 3. The predicted octanol–water partition coefficient (Wildman–Crippen LogP) is 5.00. The molecule has 0 atom stereocenters. The number of fused-ring (bicyclic) bond motifs is 1. The molecule has 4 aromatic rings. The summed E-state index contributed by atoms with van der Waals surface area (Å²) in [6.45, 7) is 3.88. The maximum atomic E-state index is 11.4. The number of benzene rings is 2. The normalized spacial score (nSPS) is 11.0. The molecular formula is C23H21N3O3. The standard InChI is InChI=1S/C23H21N3O3/c1-4-15-10-17(8-9-20(15)23(27)28)16-6-5-7-18(11-16)29-19-12-21-22(24-13-19)14(2)25-26(21)3/h5-13H,4H2,1-3H3,(H,27,28). The van der Waals surface area contributed by atoms with E-state index in [1.165, 1.54) is 0 Å². The molecule has 0 radical (unpaired) electrons. The zero-order valence-corrected chi connectivity index (χ0v) is 16.5. The molecule has 0 spiro atoms. The van der Waals surface area contributed by atoms with Gasteiger partial charge in [-0.15, -0.1) is 0 Å². The summed E-state index contributed by atoms with van der Waals surface area (Å²) in [4.78, 5) is 15.8. The van der Waals surface area contributed by atoms with Crippen LogP contribution < -0.4 is 4.74 Å². The number of nitrogens with zero attached hydrogens (tertiary/aromatic N) is 3. The summed E-state index contributed by atoms with van der Waals surface area (Å²) in [5.41, 5.74) is 5.71. The van der Waals surface area contributed by atoms with Gasteiger partial charge in [0.2, 0.25) is 0 Å². The van der Waals surface area contributed by atoms with Crippen molar-refractivity contribution in [1.82, 2.24) is 14.8 Å². The van der Waals surface area contributed by atoms with E-state index in [1.54, 1.807) is 16.9 Å². The van der Waals surface area contributed by atoms with E-state index >= 15 is 0 Å². The highest BCUT2D eigenvalue weighted by molar-refractivity contribution is 5.90. The van der Waals surface area contributed by atoms with Gasteiger partial charge in [0.1, 0.15) is 17.0 Å². The van der Waals surface area contributed by atoms with Crippen molar-refractivity contribution in [2.45, 2.75) is 20.3 Å². The highest BCUT2D eigenvalue weighted by Gasteiger charge is 2.11. The van der Waals surface area contributed by atoms with Crippen molar-refractivity contribution in [1.29, 1.82) is 0 Å². The molecule has 29 heavy (non-hydrogen) atoms. The maximum Gasteiger partial charge on any atom is 0.335 e. The molecular weight excluding hydrogens is 366 g/mol. The smallest absolute Gasteiger partial charge is 0.335 e. The van der Waals surface area contributed by atoms with Crippen LogP contribution in [-0.4, -0.2) is 25.8 Å². The monoisotopic (exact) mass is 387 g/mol. The summed E-state index contributed by atoms with van der Waals surface area (Å²) in [7, 11) is 1.88. The van der Waals surface area contributed by atoms with Crippen molar-refractivity contribution >= 4 is 17.0 Å². The van der Waals surface area contributed by atoms with E-state index < -0.39 is 5.97 Å². The van der Waals surface area contributed by atoms with Crippen molar-refractivity contribution in [3.63, 3.8) is 0 Å². The number of carboxylic acid groups (broad SMARTS) is 1. The Morgan fingerprint density at radius 2 is 1.90 bits per heavy atom. The van der Waals surface area contributed by atoms with Crippen LogP contribution in [0.5, 0.6) is 11.5 Å². The first-order valence-electron chi connectivity index (χ1n) is 9.40. The summed E-state index contributed by atoms with van der Waals surface area (Å²) in [6.07, 6.45) is 2.35. The summed E-state index contributed by atoms with van der Waals surface area (Å²) in [5, 5.41) is 13.7. The minimum Gasteiger partial charge on any atom is -0.478 e. The van der Waals surface area contributed by atoms with Gasteiger partial charge in [0.15, 0.2) is 0 Å². The second-order valence-electron chi connectivity index (χ2n) is 6.91. The van der Waals surface area contributed by atoms with Gasteiger partial charge < -0.3 is 9.84 Å². The molecule has 0 unspecified atom stereocenters. The van der Waals surface area contributed by atoms with Gasteiger partial charge in [-0.05, 0) is 48.2 Å². The first kappa shape index (κ1) is 18.7. The zero-order valence-electron chi connectivity index (χ0n) is 16.5. The van der Waals surface area contributed by atoms with Crippen molar-refractivity contribution in [3.8, 4) is 22.6 Å². The van der Waals surface area contributed by atoms with E-state index in [2.05, 4.69) is 10.1 Å². The summed E-state index contributed by atoms with van der Waals surface area (Å²) in [5.74, 6) is 0.412. The van der Waals surface area contributed by atoms with Gasteiger partial charge in [0.25, 0.3) is 0 Å². The Hall–Kier alpha value is -3.67. The second kappa shape index (κ2) is 7.39. The first-order valence-corrected chi connectivity index (χ1v) is 9.40. The van der Waals surface area contributed by atoms with E-state index in [1.807, 2.05) is 63.4 Å². The third-order valence-corrected chi connectivity index (χ3v) is 4.95. The number of rotatable bonds is 5. The molecule has 0 amide bonds. The van der Waals surface area contributed by atoms with Crippen LogP contribution in [0.15, 0.2) is 54.7 Å². The molecule has 6 heteroatoms. The van der Waals surface area contributed by atoms with Gasteiger partial charge >= 0.3 is 5.97 Å². The van der Waals surface area contributed by atoms with E-state index in [-0.39, 0.29) is 0 Å². The Balaban J connectivity index is 1.66. The quantitative estimate of drug-likeness (QED) is 0.522. The SMILES string of the molecule is CCc1cc(-c2cccc(Oc3cnc4c(C)nn(C)c4c3)c2)ccc1C(=O)O. The van der Waals surface area contributed by atoms with Crippen LogP contribution >= 0.6 is 0 Å². The van der Waals surface area contributed by atoms with Crippen molar-refractivity contribution < 1.29 is 14.6 Å². The Morgan fingerprint density at radius 3 is 2.66 bits per heavy atom. The van der Waals surface area contributed by atoms with Gasteiger partial charge in [0, 0.05) is 13.1 Å². The number of hydrogen-bond acceptors (Lipinski definition) is 4. The zero-order chi connectivity index (χ0) is 20.5. The lowest BCUT2D eigenvalue weighted by molar-refractivity contribution is 0.0695. The minimum absolute atomic E-state index is 0.342. The van der Waals surface area contributed by atoms with Crippen molar-refractivity contribution in [3.05, 3.63) is 71.5 Å². The first-order chi connectivity index (χ1) is 14.0. The number of ether oxygens (including phenoxy) is 1. The summed E-state index contributed by atoms with van der Waals surface area (Å²) >= 11 is 0. The molecule has 0 saturated carbocycles. The Kier molecular flexibility index (Phi) is 4.76. The maximum absolute atomic E-state index is 11.4. The number of pyridine rings is 1. The molecule has 2 heterocycles. The van der Waals surface area contributed by atoms with Crippen LogP contribution in [0.3, 0.4) is 0 Å². The molecule has 4 rings (SSSR count). The predicted molar refractivity (Wildman–Crippen MR) is 112 cm³/mol. The van der Waals surface area contributed by atoms with Gasteiger partial charge in [-0.25, -0.2) is 9.78 Å². The molecule has 0 aliphatic heterocycles. The molecule has 0 saturated heterocycles.